The van der Waals surface area contributed by atoms with Gasteiger partial charge in [-0.2, -0.15) is 8.78 Å². The highest BCUT2D eigenvalue weighted by Crippen LogP contribution is 2.13. The van der Waals surface area contributed by atoms with E-state index in [2.05, 4.69) is 0 Å². The Morgan fingerprint density at radius 3 is 2.18 bits per heavy atom. The number of Topliss-reactive ketones (excluding diaryl/α,β-unsaturated/α-hetero) is 1. The summed E-state index contributed by atoms with van der Waals surface area (Å²) < 4.78 is 25.0. The standard InChI is InChI=1S/C7H9F2NO/c1-6(11)4-5-7(8,9)10(2)3/h1-3H3. The summed E-state index contributed by atoms with van der Waals surface area (Å²) in [6.45, 7) is 1.14. The van der Waals surface area contributed by atoms with E-state index in [0.29, 0.717) is 4.90 Å². The van der Waals surface area contributed by atoms with Gasteiger partial charge in [0.1, 0.15) is 0 Å². The third-order valence-electron chi connectivity index (χ3n) is 0.951. The molecule has 0 aliphatic carbocycles. The Labute approximate surface area is 64.2 Å². The van der Waals surface area contributed by atoms with Gasteiger partial charge in [-0.3, -0.25) is 4.79 Å². The van der Waals surface area contributed by atoms with Crippen molar-refractivity contribution in [3.63, 3.8) is 0 Å². The molecular formula is C7H9F2NO. The van der Waals surface area contributed by atoms with Crippen LogP contribution in [0.25, 0.3) is 0 Å². The van der Waals surface area contributed by atoms with Crippen LogP contribution in [-0.2, 0) is 4.79 Å². The van der Waals surface area contributed by atoms with Crippen molar-refractivity contribution in [1.29, 1.82) is 0 Å². The molecule has 0 saturated heterocycles. The Morgan fingerprint density at radius 2 is 1.91 bits per heavy atom. The van der Waals surface area contributed by atoms with E-state index in [4.69, 9.17) is 0 Å². The molecule has 0 aliphatic rings. The summed E-state index contributed by atoms with van der Waals surface area (Å²) in [5.41, 5.74) is 0. The van der Waals surface area contributed by atoms with Crippen LogP contribution in [0, 0.1) is 11.8 Å². The van der Waals surface area contributed by atoms with Gasteiger partial charge >= 0.3 is 6.05 Å². The van der Waals surface area contributed by atoms with Crippen LogP contribution in [0.3, 0.4) is 0 Å². The van der Waals surface area contributed by atoms with E-state index < -0.39 is 11.8 Å². The van der Waals surface area contributed by atoms with Gasteiger partial charge in [-0.15, -0.1) is 0 Å². The van der Waals surface area contributed by atoms with Gasteiger partial charge in [0.15, 0.2) is 0 Å². The van der Waals surface area contributed by atoms with Crippen LogP contribution in [0.1, 0.15) is 6.92 Å². The van der Waals surface area contributed by atoms with Gasteiger partial charge in [0, 0.05) is 6.92 Å². The molecule has 0 bridgehead atoms. The average Bonchev–Trinajstić information content (AvgIpc) is 1.84. The molecule has 0 aliphatic heterocycles. The van der Waals surface area contributed by atoms with Crippen LogP contribution in [0.5, 0.6) is 0 Å². The quantitative estimate of drug-likeness (QED) is 0.321. The van der Waals surface area contributed by atoms with Gasteiger partial charge in [-0.05, 0) is 25.9 Å². The summed E-state index contributed by atoms with van der Waals surface area (Å²) >= 11 is 0. The minimum Gasteiger partial charge on any atom is -0.285 e. The van der Waals surface area contributed by atoms with E-state index in [-0.39, 0.29) is 0 Å². The van der Waals surface area contributed by atoms with E-state index >= 15 is 0 Å². The molecule has 0 heterocycles. The number of carbonyl (C=O) groups is 1. The highest BCUT2D eigenvalue weighted by atomic mass is 19.3. The number of halogens is 2. The van der Waals surface area contributed by atoms with E-state index in [1.807, 2.05) is 0 Å². The van der Waals surface area contributed by atoms with E-state index in [1.54, 1.807) is 11.8 Å². The lowest BCUT2D eigenvalue weighted by Crippen LogP contribution is -2.33. The minimum atomic E-state index is -3.22. The molecule has 0 N–H and O–H groups in total. The molecule has 0 amide bonds. The SMILES string of the molecule is CC(=O)C#CC(F)(F)N(C)C. The maximum atomic E-state index is 12.5. The van der Waals surface area contributed by atoms with Crippen LogP contribution in [0.2, 0.25) is 0 Å². The molecular weight excluding hydrogens is 152 g/mol. The summed E-state index contributed by atoms with van der Waals surface area (Å²) in [6, 6.07) is -3.22. The zero-order valence-corrected chi connectivity index (χ0v) is 6.61. The summed E-state index contributed by atoms with van der Waals surface area (Å²) in [7, 11) is 2.38. The fraction of sp³-hybridized carbons (Fsp3) is 0.571. The van der Waals surface area contributed by atoms with Crippen LogP contribution >= 0.6 is 0 Å². The van der Waals surface area contributed by atoms with Crippen molar-refractivity contribution in [3.8, 4) is 11.8 Å². The first kappa shape index (κ1) is 10.0. The van der Waals surface area contributed by atoms with Gasteiger partial charge < -0.3 is 0 Å². The van der Waals surface area contributed by atoms with Gasteiger partial charge in [0.25, 0.3) is 0 Å². The lowest BCUT2D eigenvalue weighted by molar-refractivity contribution is -0.112. The van der Waals surface area contributed by atoms with Gasteiger partial charge in [-0.25, -0.2) is 4.90 Å². The molecule has 0 aromatic rings. The molecule has 0 fully saturated rings. The topological polar surface area (TPSA) is 20.3 Å². The van der Waals surface area contributed by atoms with Crippen LogP contribution in [-0.4, -0.2) is 30.8 Å². The Kier molecular flexibility index (Phi) is 3.15. The smallest absolute Gasteiger partial charge is 0.285 e. The molecule has 11 heavy (non-hydrogen) atoms. The Morgan fingerprint density at radius 1 is 1.45 bits per heavy atom. The predicted octanol–water partition coefficient (Wildman–Crippen LogP) is 0.733. The number of hydrogen-bond donors (Lipinski definition) is 0. The number of carbonyl (C=O) groups excluding carboxylic acids is 1. The van der Waals surface area contributed by atoms with Crippen molar-refractivity contribution in [2.75, 3.05) is 14.1 Å². The molecule has 0 spiro atoms. The van der Waals surface area contributed by atoms with E-state index in [9.17, 15) is 13.6 Å². The van der Waals surface area contributed by atoms with E-state index in [1.165, 1.54) is 14.1 Å². The molecule has 0 unspecified atom stereocenters. The van der Waals surface area contributed by atoms with Crippen molar-refractivity contribution in [3.05, 3.63) is 0 Å². The Bertz CT molecular complexity index is 212. The van der Waals surface area contributed by atoms with Crippen molar-refractivity contribution < 1.29 is 13.6 Å². The fourth-order valence-electron chi connectivity index (χ4n) is 0.275. The first-order valence-electron chi connectivity index (χ1n) is 2.95. The second-order valence-electron chi connectivity index (χ2n) is 2.24. The van der Waals surface area contributed by atoms with Crippen molar-refractivity contribution in [2.45, 2.75) is 13.0 Å². The monoisotopic (exact) mass is 161 g/mol. The zero-order chi connectivity index (χ0) is 9.07. The molecule has 4 heteroatoms. The molecule has 2 nitrogen and oxygen atoms in total. The second kappa shape index (κ2) is 3.44. The van der Waals surface area contributed by atoms with Gasteiger partial charge in [0.2, 0.25) is 5.78 Å². The summed E-state index contributed by atoms with van der Waals surface area (Å²) in [6.07, 6.45) is 0. The summed E-state index contributed by atoms with van der Waals surface area (Å²) in [5.74, 6) is 2.77. The number of hydrogen-bond acceptors (Lipinski definition) is 2. The van der Waals surface area contributed by atoms with E-state index in [0.717, 1.165) is 6.92 Å². The first-order valence-corrected chi connectivity index (χ1v) is 2.95. The third-order valence-corrected chi connectivity index (χ3v) is 0.951. The molecule has 0 aromatic carbocycles. The number of alkyl halides is 2. The second-order valence-corrected chi connectivity index (χ2v) is 2.24. The normalized spacial score (nSPS) is 10.7. The fourth-order valence-corrected chi connectivity index (χ4v) is 0.275. The molecule has 0 rings (SSSR count). The largest absolute Gasteiger partial charge is 0.369 e. The minimum absolute atomic E-state index is 0.563. The lowest BCUT2D eigenvalue weighted by Gasteiger charge is -2.16. The maximum absolute atomic E-state index is 12.5. The summed E-state index contributed by atoms with van der Waals surface area (Å²) in [5, 5.41) is 0. The predicted molar refractivity (Wildman–Crippen MR) is 37.1 cm³/mol. The Balaban J connectivity index is 4.38. The zero-order valence-electron chi connectivity index (χ0n) is 6.61. The molecule has 0 radical (unpaired) electrons. The van der Waals surface area contributed by atoms with Crippen molar-refractivity contribution >= 4 is 5.78 Å². The Hall–Kier alpha value is -0.950. The highest BCUT2D eigenvalue weighted by Gasteiger charge is 2.28. The number of ketones is 1. The number of nitrogens with zero attached hydrogens (tertiary/aromatic N) is 1. The van der Waals surface area contributed by atoms with Crippen LogP contribution in [0.15, 0.2) is 0 Å². The number of rotatable bonds is 1. The van der Waals surface area contributed by atoms with Crippen LogP contribution in [0.4, 0.5) is 8.78 Å². The molecule has 0 saturated carbocycles. The molecule has 0 atom stereocenters. The first-order chi connectivity index (χ1) is 4.86. The van der Waals surface area contributed by atoms with Gasteiger partial charge in [0.05, 0.1) is 0 Å². The lowest BCUT2D eigenvalue weighted by atomic mass is 10.4. The maximum Gasteiger partial charge on any atom is 0.369 e. The highest BCUT2D eigenvalue weighted by molar-refractivity contribution is 5.93. The average molecular weight is 161 g/mol. The molecule has 62 valence electrons. The molecule has 0 aromatic heterocycles. The summed E-state index contributed by atoms with van der Waals surface area (Å²) in [4.78, 5) is 10.8. The van der Waals surface area contributed by atoms with Crippen LogP contribution < -0.4 is 0 Å². The van der Waals surface area contributed by atoms with Crippen molar-refractivity contribution in [2.24, 2.45) is 0 Å². The third kappa shape index (κ3) is 3.68. The van der Waals surface area contributed by atoms with Gasteiger partial charge in [-0.1, -0.05) is 0 Å². The van der Waals surface area contributed by atoms with Crippen molar-refractivity contribution in [1.82, 2.24) is 4.90 Å².